The Bertz CT molecular complexity index is 878. The van der Waals surface area contributed by atoms with E-state index in [1.54, 1.807) is 22.0 Å². The molecule has 2 aromatic heterocycles. The van der Waals surface area contributed by atoms with Gasteiger partial charge in [-0.2, -0.15) is 0 Å². The van der Waals surface area contributed by atoms with Crippen molar-refractivity contribution in [2.24, 2.45) is 0 Å². The highest BCUT2D eigenvalue weighted by Crippen LogP contribution is 2.17. The number of hydrogen-bond acceptors (Lipinski definition) is 6. The van der Waals surface area contributed by atoms with Gasteiger partial charge in [0.05, 0.1) is 11.8 Å². The molecule has 0 radical (unpaired) electrons. The van der Waals surface area contributed by atoms with Crippen molar-refractivity contribution in [3.63, 3.8) is 0 Å². The SMILES string of the molecule is O=C(Nc1ccc(-n2cnnn2)cc1)N(Cc1ccncc1)C[C@H]1CCCO1. The zero-order valence-electron chi connectivity index (χ0n) is 15.3. The number of nitrogens with one attached hydrogen (secondary N) is 1. The number of ether oxygens (including phenoxy) is 1. The molecule has 1 atom stereocenters. The third-order valence-electron chi connectivity index (χ3n) is 4.59. The van der Waals surface area contributed by atoms with Crippen LogP contribution >= 0.6 is 0 Å². The fraction of sp³-hybridized carbons (Fsp3) is 0.316. The summed E-state index contributed by atoms with van der Waals surface area (Å²) in [4.78, 5) is 18.7. The van der Waals surface area contributed by atoms with Gasteiger partial charge in [-0.3, -0.25) is 4.98 Å². The number of hydrogen-bond donors (Lipinski definition) is 1. The highest BCUT2D eigenvalue weighted by molar-refractivity contribution is 5.89. The molecule has 1 saturated heterocycles. The Hall–Kier alpha value is -3.33. The van der Waals surface area contributed by atoms with Crippen LogP contribution in [0.5, 0.6) is 0 Å². The fourth-order valence-electron chi connectivity index (χ4n) is 3.14. The van der Waals surface area contributed by atoms with Gasteiger partial charge in [-0.15, -0.1) is 5.10 Å². The predicted octanol–water partition coefficient (Wildman–Crippen LogP) is 2.27. The number of tetrazole rings is 1. The van der Waals surface area contributed by atoms with Crippen LogP contribution < -0.4 is 5.32 Å². The number of benzene rings is 1. The first-order valence-corrected chi connectivity index (χ1v) is 9.18. The van der Waals surface area contributed by atoms with Crippen LogP contribution in [0, 0.1) is 0 Å². The number of carbonyl (C=O) groups is 1. The lowest BCUT2D eigenvalue weighted by molar-refractivity contribution is 0.0819. The minimum Gasteiger partial charge on any atom is -0.376 e. The largest absolute Gasteiger partial charge is 0.376 e. The van der Waals surface area contributed by atoms with Crippen molar-refractivity contribution in [2.75, 3.05) is 18.5 Å². The van der Waals surface area contributed by atoms with Gasteiger partial charge in [0.2, 0.25) is 0 Å². The van der Waals surface area contributed by atoms with Crippen molar-refractivity contribution < 1.29 is 9.53 Å². The second-order valence-electron chi connectivity index (χ2n) is 6.60. The highest BCUT2D eigenvalue weighted by Gasteiger charge is 2.23. The number of aromatic nitrogens is 5. The van der Waals surface area contributed by atoms with Gasteiger partial charge in [0, 0.05) is 37.8 Å². The summed E-state index contributed by atoms with van der Waals surface area (Å²) in [5, 5.41) is 14.1. The first-order chi connectivity index (χ1) is 13.8. The Morgan fingerprint density at radius 2 is 2.04 bits per heavy atom. The lowest BCUT2D eigenvalue weighted by Crippen LogP contribution is -2.39. The van der Waals surface area contributed by atoms with E-state index in [1.807, 2.05) is 36.4 Å². The summed E-state index contributed by atoms with van der Waals surface area (Å²) in [7, 11) is 0. The smallest absolute Gasteiger partial charge is 0.322 e. The summed E-state index contributed by atoms with van der Waals surface area (Å²) in [6.07, 6.45) is 7.07. The third kappa shape index (κ3) is 4.49. The van der Waals surface area contributed by atoms with E-state index in [1.165, 1.54) is 6.33 Å². The summed E-state index contributed by atoms with van der Waals surface area (Å²) in [5.41, 5.74) is 2.54. The maximum absolute atomic E-state index is 12.9. The molecule has 0 saturated carbocycles. The van der Waals surface area contributed by atoms with Gasteiger partial charge < -0.3 is 15.0 Å². The number of rotatable bonds is 6. The molecule has 4 rings (SSSR count). The molecule has 3 heterocycles. The summed E-state index contributed by atoms with van der Waals surface area (Å²) in [5.74, 6) is 0. The molecule has 1 N–H and O–H groups in total. The average Bonchev–Trinajstić information content (AvgIpc) is 3.43. The molecule has 3 aromatic rings. The molecule has 0 unspecified atom stereocenters. The van der Waals surface area contributed by atoms with Crippen molar-refractivity contribution in [1.29, 1.82) is 0 Å². The second kappa shape index (κ2) is 8.57. The number of anilines is 1. The van der Waals surface area contributed by atoms with E-state index >= 15 is 0 Å². The molecule has 2 amide bonds. The van der Waals surface area contributed by atoms with Crippen LogP contribution in [0.25, 0.3) is 5.69 Å². The van der Waals surface area contributed by atoms with Gasteiger partial charge in [0.25, 0.3) is 0 Å². The Morgan fingerprint density at radius 3 is 2.71 bits per heavy atom. The summed E-state index contributed by atoms with van der Waals surface area (Å²) < 4.78 is 7.28. The third-order valence-corrected chi connectivity index (χ3v) is 4.59. The summed E-state index contributed by atoms with van der Waals surface area (Å²) in [6, 6.07) is 11.0. The first-order valence-electron chi connectivity index (χ1n) is 9.18. The summed E-state index contributed by atoms with van der Waals surface area (Å²) in [6.45, 7) is 1.81. The topological polar surface area (TPSA) is 98.1 Å². The molecule has 0 bridgehead atoms. The molecule has 9 heteroatoms. The summed E-state index contributed by atoms with van der Waals surface area (Å²) >= 11 is 0. The maximum atomic E-state index is 12.9. The highest BCUT2D eigenvalue weighted by atomic mass is 16.5. The van der Waals surface area contributed by atoms with Crippen LogP contribution in [-0.4, -0.2) is 55.4 Å². The minimum atomic E-state index is -0.164. The van der Waals surface area contributed by atoms with E-state index in [-0.39, 0.29) is 12.1 Å². The van der Waals surface area contributed by atoms with Crippen LogP contribution in [0.3, 0.4) is 0 Å². The van der Waals surface area contributed by atoms with Crippen LogP contribution in [0.15, 0.2) is 55.1 Å². The molecule has 144 valence electrons. The second-order valence-corrected chi connectivity index (χ2v) is 6.60. The van der Waals surface area contributed by atoms with Gasteiger partial charge in [0.15, 0.2) is 0 Å². The molecule has 9 nitrogen and oxygen atoms in total. The molecule has 1 aliphatic rings. The van der Waals surface area contributed by atoms with Crippen LogP contribution in [0.4, 0.5) is 10.5 Å². The van der Waals surface area contributed by atoms with Gasteiger partial charge in [-0.25, -0.2) is 9.48 Å². The zero-order chi connectivity index (χ0) is 19.2. The average molecular weight is 379 g/mol. The normalized spacial score (nSPS) is 16.1. The Labute approximate surface area is 162 Å². The van der Waals surface area contributed by atoms with Crippen molar-refractivity contribution in [1.82, 2.24) is 30.1 Å². The van der Waals surface area contributed by atoms with Gasteiger partial charge in [-0.05, 0) is 65.2 Å². The Balaban J connectivity index is 1.44. The molecule has 1 fully saturated rings. The van der Waals surface area contributed by atoms with E-state index in [9.17, 15) is 4.79 Å². The van der Waals surface area contributed by atoms with E-state index < -0.39 is 0 Å². The first kappa shape index (κ1) is 18.1. The van der Waals surface area contributed by atoms with E-state index in [4.69, 9.17) is 4.74 Å². The molecule has 0 spiro atoms. The lowest BCUT2D eigenvalue weighted by Gasteiger charge is -2.26. The van der Waals surface area contributed by atoms with Gasteiger partial charge in [0.1, 0.15) is 6.33 Å². The lowest BCUT2D eigenvalue weighted by atomic mass is 10.2. The van der Waals surface area contributed by atoms with Crippen molar-refractivity contribution in [2.45, 2.75) is 25.5 Å². The number of carbonyl (C=O) groups excluding carboxylic acids is 1. The number of nitrogens with zero attached hydrogens (tertiary/aromatic N) is 6. The van der Waals surface area contributed by atoms with Gasteiger partial charge >= 0.3 is 6.03 Å². The number of urea groups is 1. The predicted molar refractivity (Wildman–Crippen MR) is 102 cm³/mol. The number of pyridine rings is 1. The Morgan fingerprint density at radius 1 is 1.21 bits per heavy atom. The quantitative estimate of drug-likeness (QED) is 0.705. The fourth-order valence-corrected chi connectivity index (χ4v) is 3.14. The zero-order valence-corrected chi connectivity index (χ0v) is 15.3. The molecule has 0 aliphatic carbocycles. The molecule has 1 aromatic carbocycles. The molecule has 1 aliphatic heterocycles. The minimum absolute atomic E-state index is 0.0785. The molecular formula is C19H21N7O2. The van der Waals surface area contributed by atoms with Crippen LogP contribution in [-0.2, 0) is 11.3 Å². The molecule has 28 heavy (non-hydrogen) atoms. The van der Waals surface area contributed by atoms with Crippen LogP contribution in [0.2, 0.25) is 0 Å². The van der Waals surface area contributed by atoms with E-state index in [0.29, 0.717) is 18.8 Å². The van der Waals surface area contributed by atoms with Crippen molar-refractivity contribution in [3.8, 4) is 5.69 Å². The van der Waals surface area contributed by atoms with E-state index in [0.717, 1.165) is 30.7 Å². The monoisotopic (exact) mass is 379 g/mol. The standard InChI is InChI=1S/C19H21N7O2/c27-19(22-16-3-5-17(6-4-16)26-14-21-23-24-26)25(13-18-2-1-11-28-18)12-15-7-9-20-10-8-15/h3-10,14,18H,1-2,11-13H2,(H,22,27)/t18-/m1/s1. The number of amides is 2. The molecular weight excluding hydrogens is 358 g/mol. The maximum Gasteiger partial charge on any atom is 0.322 e. The van der Waals surface area contributed by atoms with Gasteiger partial charge in [-0.1, -0.05) is 0 Å². The van der Waals surface area contributed by atoms with Crippen LogP contribution in [0.1, 0.15) is 18.4 Å². The van der Waals surface area contributed by atoms with E-state index in [2.05, 4.69) is 25.8 Å². The Kier molecular flexibility index (Phi) is 5.53. The van der Waals surface area contributed by atoms with Crippen molar-refractivity contribution >= 4 is 11.7 Å². The van der Waals surface area contributed by atoms with Crippen molar-refractivity contribution in [3.05, 3.63) is 60.7 Å².